The van der Waals surface area contributed by atoms with Crippen LogP contribution >= 0.6 is 0 Å². The lowest BCUT2D eigenvalue weighted by Crippen LogP contribution is -2.28. The third-order valence-electron chi connectivity index (χ3n) is 3.98. The van der Waals surface area contributed by atoms with Crippen molar-refractivity contribution < 1.29 is 13.2 Å². The standard InChI is InChI=1S/C17H23N3O3S/c1-4-20-14(3)16(12-18-20)13(2)19-17(21)10-11-24(22,23)15-8-6-5-7-9-15/h5-9,12-13H,4,10-11H2,1-3H3,(H,19,21). The second kappa shape index (κ2) is 7.61. The molecule has 1 N–H and O–H groups in total. The Kier molecular flexibility index (Phi) is 5.77. The summed E-state index contributed by atoms with van der Waals surface area (Å²) in [5.41, 5.74) is 1.94. The van der Waals surface area contributed by atoms with E-state index in [2.05, 4.69) is 10.4 Å². The molecule has 7 heteroatoms. The highest BCUT2D eigenvalue weighted by atomic mass is 32.2. The number of amides is 1. The van der Waals surface area contributed by atoms with Crippen molar-refractivity contribution in [1.82, 2.24) is 15.1 Å². The molecule has 0 aliphatic rings. The van der Waals surface area contributed by atoms with E-state index in [0.29, 0.717) is 0 Å². The van der Waals surface area contributed by atoms with Gasteiger partial charge >= 0.3 is 0 Å². The minimum absolute atomic E-state index is 0.0669. The van der Waals surface area contributed by atoms with Crippen molar-refractivity contribution >= 4 is 15.7 Å². The lowest BCUT2D eigenvalue weighted by atomic mass is 10.1. The van der Waals surface area contributed by atoms with E-state index in [1.165, 1.54) is 0 Å². The van der Waals surface area contributed by atoms with Crippen LogP contribution in [0.3, 0.4) is 0 Å². The van der Waals surface area contributed by atoms with Crippen LogP contribution in [0.25, 0.3) is 0 Å². The highest BCUT2D eigenvalue weighted by Gasteiger charge is 2.19. The first-order chi connectivity index (χ1) is 11.3. The fourth-order valence-corrected chi connectivity index (χ4v) is 3.83. The molecule has 1 aromatic heterocycles. The molecule has 2 rings (SSSR count). The Morgan fingerprint density at radius 1 is 1.29 bits per heavy atom. The summed E-state index contributed by atoms with van der Waals surface area (Å²) in [7, 11) is -3.44. The number of sulfone groups is 1. The van der Waals surface area contributed by atoms with Gasteiger partial charge < -0.3 is 5.32 Å². The molecule has 1 heterocycles. The molecule has 24 heavy (non-hydrogen) atoms. The van der Waals surface area contributed by atoms with Crippen LogP contribution in [0, 0.1) is 6.92 Å². The maximum Gasteiger partial charge on any atom is 0.221 e. The van der Waals surface area contributed by atoms with E-state index in [4.69, 9.17) is 0 Å². The van der Waals surface area contributed by atoms with Gasteiger partial charge in [-0.25, -0.2) is 8.42 Å². The molecule has 2 aromatic rings. The smallest absolute Gasteiger partial charge is 0.221 e. The first-order valence-electron chi connectivity index (χ1n) is 7.94. The molecule has 0 radical (unpaired) electrons. The van der Waals surface area contributed by atoms with Gasteiger partial charge in [0.2, 0.25) is 5.91 Å². The third kappa shape index (κ3) is 4.23. The zero-order valence-electron chi connectivity index (χ0n) is 14.2. The SMILES string of the molecule is CCn1ncc(C(C)NC(=O)CCS(=O)(=O)c2ccccc2)c1C. The Labute approximate surface area is 142 Å². The van der Waals surface area contributed by atoms with Gasteiger partial charge in [-0.3, -0.25) is 9.48 Å². The average Bonchev–Trinajstić information content (AvgIpc) is 2.94. The van der Waals surface area contributed by atoms with Crippen LogP contribution in [0.4, 0.5) is 0 Å². The molecular weight excluding hydrogens is 326 g/mol. The molecule has 1 unspecified atom stereocenters. The van der Waals surface area contributed by atoms with E-state index >= 15 is 0 Å². The molecule has 0 saturated heterocycles. The number of rotatable bonds is 7. The number of nitrogens with zero attached hydrogens (tertiary/aromatic N) is 2. The predicted molar refractivity (Wildman–Crippen MR) is 92.3 cm³/mol. The van der Waals surface area contributed by atoms with E-state index in [1.54, 1.807) is 36.5 Å². The van der Waals surface area contributed by atoms with Crippen LogP contribution in [-0.2, 0) is 21.2 Å². The number of nitrogens with one attached hydrogen (secondary N) is 1. The van der Waals surface area contributed by atoms with Crippen LogP contribution in [0.1, 0.15) is 37.6 Å². The zero-order valence-corrected chi connectivity index (χ0v) is 15.0. The van der Waals surface area contributed by atoms with E-state index in [0.717, 1.165) is 17.8 Å². The molecule has 0 bridgehead atoms. The summed E-state index contributed by atoms with van der Waals surface area (Å²) >= 11 is 0. The second-order valence-electron chi connectivity index (χ2n) is 5.67. The summed E-state index contributed by atoms with van der Waals surface area (Å²) in [5.74, 6) is -0.492. The number of carbonyl (C=O) groups is 1. The van der Waals surface area contributed by atoms with Crippen molar-refractivity contribution in [2.45, 2.75) is 44.7 Å². The number of benzene rings is 1. The Bertz CT molecular complexity index is 798. The lowest BCUT2D eigenvalue weighted by Gasteiger charge is -2.14. The zero-order chi connectivity index (χ0) is 17.7. The molecule has 0 saturated carbocycles. The molecule has 1 amide bonds. The molecule has 0 aliphatic heterocycles. The highest BCUT2D eigenvalue weighted by molar-refractivity contribution is 7.91. The van der Waals surface area contributed by atoms with Gasteiger partial charge in [0.25, 0.3) is 0 Å². The van der Waals surface area contributed by atoms with Gasteiger partial charge in [-0.15, -0.1) is 0 Å². The lowest BCUT2D eigenvalue weighted by molar-refractivity contribution is -0.121. The van der Waals surface area contributed by atoms with Crippen molar-refractivity contribution in [3.63, 3.8) is 0 Å². The van der Waals surface area contributed by atoms with Gasteiger partial charge in [0.15, 0.2) is 9.84 Å². The van der Waals surface area contributed by atoms with Gasteiger partial charge in [-0.05, 0) is 32.9 Å². The number of hydrogen-bond acceptors (Lipinski definition) is 4. The summed E-state index contributed by atoms with van der Waals surface area (Å²) in [5, 5.41) is 7.10. The summed E-state index contributed by atoms with van der Waals surface area (Å²) < 4.78 is 26.2. The normalized spacial score (nSPS) is 12.8. The highest BCUT2D eigenvalue weighted by Crippen LogP contribution is 2.17. The maximum absolute atomic E-state index is 12.2. The Morgan fingerprint density at radius 3 is 2.54 bits per heavy atom. The quantitative estimate of drug-likeness (QED) is 0.831. The fourth-order valence-electron chi connectivity index (χ4n) is 2.57. The monoisotopic (exact) mass is 349 g/mol. The summed E-state index contributed by atoms with van der Waals surface area (Å²) in [6, 6.07) is 7.97. The second-order valence-corrected chi connectivity index (χ2v) is 7.78. The minimum Gasteiger partial charge on any atom is -0.349 e. The Morgan fingerprint density at radius 2 is 1.96 bits per heavy atom. The van der Waals surface area contributed by atoms with Crippen LogP contribution < -0.4 is 5.32 Å². The topological polar surface area (TPSA) is 81.1 Å². The first-order valence-corrected chi connectivity index (χ1v) is 9.60. The predicted octanol–water partition coefficient (Wildman–Crippen LogP) is 2.25. The molecule has 0 aliphatic carbocycles. The van der Waals surface area contributed by atoms with E-state index < -0.39 is 9.84 Å². The molecule has 0 fully saturated rings. The van der Waals surface area contributed by atoms with Crippen molar-refractivity contribution in [3.05, 3.63) is 47.8 Å². The molecule has 1 atom stereocenters. The minimum atomic E-state index is -3.44. The molecule has 1 aromatic carbocycles. The molecule has 0 spiro atoms. The summed E-state index contributed by atoms with van der Waals surface area (Å²) in [4.78, 5) is 12.3. The van der Waals surface area contributed by atoms with Crippen LogP contribution in [0.15, 0.2) is 41.4 Å². The number of carbonyl (C=O) groups excluding carboxylic acids is 1. The summed E-state index contributed by atoms with van der Waals surface area (Å²) in [6.45, 7) is 6.59. The van der Waals surface area contributed by atoms with Crippen molar-refractivity contribution in [2.24, 2.45) is 0 Å². The van der Waals surface area contributed by atoms with Gasteiger partial charge in [0, 0.05) is 24.2 Å². The van der Waals surface area contributed by atoms with Gasteiger partial charge in [-0.1, -0.05) is 18.2 Å². The van der Waals surface area contributed by atoms with Crippen molar-refractivity contribution in [2.75, 3.05) is 5.75 Å². The average molecular weight is 349 g/mol. The van der Waals surface area contributed by atoms with Gasteiger partial charge in [0.1, 0.15) is 0 Å². The van der Waals surface area contributed by atoms with Gasteiger partial charge in [0.05, 0.1) is 22.9 Å². The molecule has 130 valence electrons. The Hall–Kier alpha value is -2.15. The van der Waals surface area contributed by atoms with Crippen molar-refractivity contribution in [1.29, 1.82) is 0 Å². The third-order valence-corrected chi connectivity index (χ3v) is 5.72. The van der Waals surface area contributed by atoms with E-state index in [-0.39, 0.29) is 29.0 Å². The number of hydrogen-bond donors (Lipinski definition) is 1. The largest absolute Gasteiger partial charge is 0.349 e. The molecular formula is C17H23N3O3S. The number of aryl methyl sites for hydroxylation is 1. The van der Waals surface area contributed by atoms with Crippen LogP contribution in [0.2, 0.25) is 0 Å². The van der Waals surface area contributed by atoms with Crippen molar-refractivity contribution in [3.8, 4) is 0 Å². The Balaban J connectivity index is 1.94. The van der Waals surface area contributed by atoms with Crippen LogP contribution in [-0.4, -0.2) is 29.9 Å². The maximum atomic E-state index is 12.2. The summed E-state index contributed by atoms with van der Waals surface area (Å²) in [6.07, 6.45) is 1.67. The van der Waals surface area contributed by atoms with E-state index in [9.17, 15) is 13.2 Å². The fraction of sp³-hybridized carbons (Fsp3) is 0.412. The van der Waals surface area contributed by atoms with E-state index in [1.807, 2.05) is 25.5 Å². The van der Waals surface area contributed by atoms with Crippen LogP contribution in [0.5, 0.6) is 0 Å². The first kappa shape index (κ1) is 18.2. The molecule has 6 nitrogen and oxygen atoms in total. The number of aromatic nitrogens is 2. The van der Waals surface area contributed by atoms with Gasteiger partial charge in [-0.2, -0.15) is 5.10 Å².